The van der Waals surface area contributed by atoms with Gasteiger partial charge < -0.3 is 5.11 Å². The van der Waals surface area contributed by atoms with Crippen molar-refractivity contribution in [3.8, 4) is 0 Å². The molecule has 0 amide bonds. The Bertz CT molecular complexity index is 974. The number of pyridine rings is 4. The third-order valence-electron chi connectivity index (χ3n) is 6.20. The molecule has 7 nitrogen and oxygen atoms in total. The van der Waals surface area contributed by atoms with Crippen molar-refractivity contribution < 1.29 is 5.11 Å². The Kier molecular flexibility index (Phi) is 13.2. The van der Waals surface area contributed by atoms with Crippen molar-refractivity contribution >= 4 is 0 Å². The van der Waals surface area contributed by atoms with Gasteiger partial charge in [0.2, 0.25) is 0 Å². The molecule has 0 bridgehead atoms. The second-order valence-electron chi connectivity index (χ2n) is 10.1. The van der Waals surface area contributed by atoms with Gasteiger partial charge in [0, 0.05) is 64.1 Å². The van der Waals surface area contributed by atoms with Crippen LogP contribution in [0.4, 0.5) is 0 Å². The lowest BCUT2D eigenvalue weighted by Crippen LogP contribution is -2.40. The lowest BCUT2D eigenvalue weighted by Gasteiger charge is -2.29. The molecule has 1 N–H and O–H groups in total. The molecule has 0 saturated heterocycles. The Morgan fingerprint density at radius 2 is 0.846 bits per heavy atom. The summed E-state index contributed by atoms with van der Waals surface area (Å²) in [4.78, 5) is 22.3. The molecule has 4 aromatic rings. The van der Waals surface area contributed by atoms with Crippen LogP contribution in [0.25, 0.3) is 0 Å². The lowest BCUT2D eigenvalue weighted by atomic mass is 10.2. The highest BCUT2D eigenvalue weighted by molar-refractivity contribution is 5.08. The Morgan fingerprint density at radius 1 is 0.564 bits per heavy atom. The van der Waals surface area contributed by atoms with E-state index in [1.165, 1.54) is 6.42 Å². The molecule has 0 spiro atoms. The van der Waals surface area contributed by atoms with Crippen LogP contribution < -0.4 is 0 Å². The zero-order valence-corrected chi connectivity index (χ0v) is 23.5. The van der Waals surface area contributed by atoms with E-state index in [-0.39, 0.29) is 0 Å². The van der Waals surface area contributed by atoms with Gasteiger partial charge in [-0.15, -0.1) is 0 Å². The number of aromatic nitrogens is 4. The zero-order chi connectivity index (χ0) is 27.7. The number of hydrogen-bond donors (Lipinski definition) is 1. The molecule has 0 saturated carbocycles. The maximum absolute atomic E-state index is 11.1. The Morgan fingerprint density at radius 3 is 1.05 bits per heavy atom. The molecular weight excluding hydrogens is 484 g/mol. The summed E-state index contributed by atoms with van der Waals surface area (Å²) in [6.07, 6.45) is 7.93. The fraction of sp³-hybridized carbons (Fsp3) is 0.375. The Balaban J connectivity index is 0.000000771. The molecule has 4 aromatic heterocycles. The van der Waals surface area contributed by atoms with Crippen molar-refractivity contribution in [2.24, 2.45) is 5.92 Å². The van der Waals surface area contributed by atoms with Gasteiger partial charge in [0.15, 0.2) is 0 Å². The highest BCUT2D eigenvalue weighted by atomic mass is 16.3. The summed E-state index contributed by atoms with van der Waals surface area (Å²) in [5, 5.41) is 11.1. The van der Waals surface area contributed by atoms with E-state index >= 15 is 0 Å². The van der Waals surface area contributed by atoms with E-state index in [2.05, 4.69) is 50.5 Å². The highest BCUT2D eigenvalue weighted by Crippen LogP contribution is 2.11. The van der Waals surface area contributed by atoms with E-state index in [0.717, 1.165) is 28.7 Å². The van der Waals surface area contributed by atoms with Gasteiger partial charge in [-0.1, -0.05) is 51.5 Å². The third kappa shape index (κ3) is 12.3. The normalized spacial score (nSPS) is 11.2. The van der Waals surface area contributed by atoms with Gasteiger partial charge in [-0.25, -0.2) is 0 Å². The minimum absolute atomic E-state index is 0.494. The molecule has 0 unspecified atom stereocenters. The van der Waals surface area contributed by atoms with Crippen LogP contribution >= 0.6 is 0 Å². The average Bonchev–Trinajstić information content (AvgIpc) is 2.95. The first-order chi connectivity index (χ1) is 19.0. The second-order valence-corrected chi connectivity index (χ2v) is 10.1. The number of nitrogens with zero attached hydrogens (tertiary/aromatic N) is 6. The van der Waals surface area contributed by atoms with E-state index in [9.17, 15) is 5.11 Å². The number of rotatable bonds is 13. The van der Waals surface area contributed by atoms with Gasteiger partial charge in [0.25, 0.3) is 0 Å². The van der Waals surface area contributed by atoms with Crippen molar-refractivity contribution in [3.63, 3.8) is 0 Å². The molecule has 0 aliphatic rings. The number of aliphatic hydroxyl groups excluding tert-OH is 1. The Labute approximate surface area is 233 Å². The third-order valence-corrected chi connectivity index (χ3v) is 6.20. The molecule has 4 heterocycles. The lowest BCUT2D eigenvalue weighted by molar-refractivity contribution is 0.0615. The molecule has 0 aliphatic heterocycles. The van der Waals surface area contributed by atoms with Crippen LogP contribution in [0.15, 0.2) is 97.6 Å². The standard InChI is InChI=1S/C27H30N6O.C5H12/c34-27(21-32(17-23-9-1-5-13-28-23)18-24-10-2-6-14-29-24)22-33(19-25-11-3-7-15-30-25)20-26-12-4-8-16-31-26;1-4-5(2)3/h1-16,27,34H,17-22H2;5H,4H2,1-3H3. The highest BCUT2D eigenvalue weighted by Gasteiger charge is 2.18. The van der Waals surface area contributed by atoms with Crippen molar-refractivity contribution in [2.75, 3.05) is 13.1 Å². The van der Waals surface area contributed by atoms with Gasteiger partial charge in [-0.3, -0.25) is 29.7 Å². The molecule has 206 valence electrons. The van der Waals surface area contributed by atoms with E-state index in [1.54, 1.807) is 24.8 Å². The maximum atomic E-state index is 11.1. The molecule has 0 aromatic carbocycles. The molecule has 7 heteroatoms. The van der Waals surface area contributed by atoms with Crippen LogP contribution in [0.1, 0.15) is 50.0 Å². The van der Waals surface area contributed by atoms with E-state index in [0.29, 0.717) is 39.3 Å². The molecule has 39 heavy (non-hydrogen) atoms. The maximum Gasteiger partial charge on any atom is 0.0794 e. The SMILES string of the molecule is CCC(C)C.OC(CN(Cc1ccccn1)Cc1ccccn1)CN(Cc1ccccn1)Cc1ccccn1. The van der Waals surface area contributed by atoms with Crippen molar-refractivity contribution in [3.05, 3.63) is 120 Å². The predicted molar refractivity (Wildman–Crippen MR) is 156 cm³/mol. The van der Waals surface area contributed by atoms with Crippen LogP contribution in [0, 0.1) is 5.92 Å². The zero-order valence-electron chi connectivity index (χ0n) is 23.5. The fourth-order valence-corrected chi connectivity index (χ4v) is 3.91. The smallest absolute Gasteiger partial charge is 0.0794 e. The quantitative estimate of drug-likeness (QED) is 0.250. The Hall–Kier alpha value is -3.52. The van der Waals surface area contributed by atoms with Crippen LogP contribution in [0.5, 0.6) is 0 Å². The van der Waals surface area contributed by atoms with Crippen molar-refractivity contribution in [1.82, 2.24) is 29.7 Å². The van der Waals surface area contributed by atoms with Gasteiger partial charge in [-0.05, 0) is 54.4 Å². The van der Waals surface area contributed by atoms with Gasteiger partial charge in [-0.2, -0.15) is 0 Å². The molecular formula is C32H42N6O. The minimum Gasteiger partial charge on any atom is -0.390 e. The second kappa shape index (κ2) is 17.1. The van der Waals surface area contributed by atoms with Crippen molar-refractivity contribution in [1.29, 1.82) is 0 Å². The predicted octanol–water partition coefficient (Wildman–Crippen LogP) is 5.38. The summed E-state index contributed by atoms with van der Waals surface area (Å²) in [6.45, 7) is 10.2. The van der Waals surface area contributed by atoms with Crippen LogP contribution in [-0.4, -0.2) is 54.0 Å². The summed E-state index contributed by atoms with van der Waals surface area (Å²) in [5.74, 6) is 0.884. The first kappa shape index (κ1) is 30.0. The summed E-state index contributed by atoms with van der Waals surface area (Å²) in [7, 11) is 0. The average molecular weight is 527 g/mol. The summed E-state index contributed by atoms with van der Waals surface area (Å²) in [5.41, 5.74) is 3.85. The summed E-state index contributed by atoms with van der Waals surface area (Å²) in [6, 6.07) is 23.6. The van der Waals surface area contributed by atoms with Crippen LogP contribution in [-0.2, 0) is 26.2 Å². The molecule has 4 rings (SSSR count). The van der Waals surface area contributed by atoms with Gasteiger partial charge >= 0.3 is 0 Å². The largest absolute Gasteiger partial charge is 0.390 e. The minimum atomic E-state index is -0.570. The van der Waals surface area contributed by atoms with Crippen molar-refractivity contribution in [2.45, 2.75) is 59.5 Å². The molecule has 0 atom stereocenters. The van der Waals surface area contributed by atoms with Crippen LogP contribution in [0.3, 0.4) is 0 Å². The van der Waals surface area contributed by atoms with Crippen LogP contribution in [0.2, 0.25) is 0 Å². The van der Waals surface area contributed by atoms with E-state index in [1.807, 2.05) is 72.8 Å². The van der Waals surface area contributed by atoms with E-state index in [4.69, 9.17) is 0 Å². The van der Waals surface area contributed by atoms with Gasteiger partial charge in [0.1, 0.15) is 0 Å². The first-order valence-electron chi connectivity index (χ1n) is 13.7. The number of hydrogen-bond acceptors (Lipinski definition) is 7. The number of aliphatic hydroxyl groups is 1. The van der Waals surface area contributed by atoms with Gasteiger partial charge in [0.05, 0.1) is 28.9 Å². The molecule has 0 fully saturated rings. The first-order valence-corrected chi connectivity index (χ1v) is 13.7. The fourth-order valence-electron chi connectivity index (χ4n) is 3.91. The monoisotopic (exact) mass is 526 g/mol. The summed E-state index contributed by atoms with van der Waals surface area (Å²) >= 11 is 0. The summed E-state index contributed by atoms with van der Waals surface area (Å²) < 4.78 is 0. The van der Waals surface area contributed by atoms with E-state index < -0.39 is 6.10 Å². The topological polar surface area (TPSA) is 78.3 Å². The molecule has 0 aliphatic carbocycles. The molecule has 0 radical (unpaired) electrons.